The van der Waals surface area contributed by atoms with E-state index in [4.69, 9.17) is 0 Å². The number of hydrogen-bond donors (Lipinski definition) is 1. The molecule has 4 rings (SSSR count). The van der Waals surface area contributed by atoms with Crippen LogP contribution in [0.3, 0.4) is 0 Å². The Balaban J connectivity index is 1.63. The highest BCUT2D eigenvalue weighted by Gasteiger charge is 2.31. The number of aromatic amines is 1. The highest BCUT2D eigenvalue weighted by molar-refractivity contribution is 5.94. The van der Waals surface area contributed by atoms with Crippen molar-refractivity contribution in [1.29, 1.82) is 0 Å². The first-order valence-electron chi connectivity index (χ1n) is 9.40. The van der Waals surface area contributed by atoms with Gasteiger partial charge in [-0.25, -0.2) is 4.98 Å². The first kappa shape index (κ1) is 17.7. The van der Waals surface area contributed by atoms with Gasteiger partial charge in [0.05, 0.1) is 6.54 Å². The molecule has 27 heavy (non-hydrogen) atoms. The molecule has 0 radical (unpaired) electrons. The van der Waals surface area contributed by atoms with E-state index in [-0.39, 0.29) is 11.9 Å². The predicted octanol–water partition coefficient (Wildman–Crippen LogP) is 1.87. The summed E-state index contributed by atoms with van der Waals surface area (Å²) in [7, 11) is 3.81. The number of H-pyrrole nitrogens is 1. The smallest absolute Gasteiger partial charge is 0.237 e. The summed E-state index contributed by atoms with van der Waals surface area (Å²) in [5.74, 6) is 0.850. The number of anilines is 1. The number of rotatable bonds is 6. The maximum absolute atomic E-state index is 12.3. The number of aromatic nitrogens is 2. The van der Waals surface area contributed by atoms with Gasteiger partial charge in [-0.3, -0.25) is 14.5 Å². The van der Waals surface area contributed by atoms with Gasteiger partial charge in [-0.05, 0) is 56.6 Å². The summed E-state index contributed by atoms with van der Waals surface area (Å²) >= 11 is 0. The predicted molar refractivity (Wildman–Crippen MR) is 105 cm³/mol. The molecule has 2 amide bonds. The van der Waals surface area contributed by atoms with Crippen molar-refractivity contribution in [3.63, 3.8) is 0 Å². The molecule has 1 fully saturated rings. The average molecular weight is 367 g/mol. The van der Waals surface area contributed by atoms with Crippen molar-refractivity contribution in [2.75, 3.05) is 38.6 Å². The fourth-order valence-corrected chi connectivity index (χ4v) is 3.61. The number of hydrogen-bond acceptors (Lipinski definition) is 4. The van der Waals surface area contributed by atoms with Crippen molar-refractivity contribution in [3.8, 4) is 0 Å². The van der Waals surface area contributed by atoms with Crippen molar-refractivity contribution in [2.24, 2.45) is 0 Å². The van der Waals surface area contributed by atoms with E-state index in [0.29, 0.717) is 25.5 Å². The number of nitrogens with zero attached hydrogens (tertiary/aromatic N) is 4. The molecular weight excluding hydrogens is 342 g/mol. The Morgan fingerprint density at radius 1 is 1.41 bits per heavy atom. The topological polar surface area (TPSA) is 72.5 Å². The molecule has 3 heterocycles. The minimum atomic E-state index is 0.151. The molecule has 2 aliphatic rings. The molecule has 7 heteroatoms. The molecule has 7 nitrogen and oxygen atoms in total. The van der Waals surface area contributed by atoms with Gasteiger partial charge in [-0.15, -0.1) is 0 Å². The van der Waals surface area contributed by atoms with Crippen LogP contribution in [0.25, 0.3) is 16.6 Å². The molecule has 1 saturated carbocycles. The molecule has 2 aromatic rings. The van der Waals surface area contributed by atoms with Gasteiger partial charge < -0.3 is 14.8 Å². The number of pyridine rings is 1. The van der Waals surface area contributed by atoms with E-state index in [1.165, 1.54) is 5.57 Å². The zero-order chi connectivity index (χ0) is 19.0. The van der Waals surface area contributed by atoms with E-state index in [0.717, 1.165) is 42.3 Å². The molecule has 0 aromatic carbocycles. The molecule has 1 aliphatic carbocycles. The van der Waals surface area contributed by atoms with Gasteiger partial charge >= 0.3 is 0 Å². The van der Waals surface area contributed by atoms with Crippen LogP contribution in [0, 0.1) is 0 Å². The number of carbonyl (C=O) groups is 2. The van der Waals surface area contributed by atoms with E-state index < -0.39 is 0 Å². The molecule has 0 bridgehead atoms. The molecule has 0 atom stereocenters. The van der Waals surface area contributed by atoms with Crippen molar-refractivity contribution in [2.45, 2.75) is 25.3 Å². The minimum absolute atomic E-state index is 0.151. The average Bonchev–Trinajstić information content (AvgIpc) is 3.37. The number of nitrogens with one attached hydrogen (secondary N) is 1. The van der Waals surface area contributed by atoms with Gasteiger partial charge in [-0.2, -0.15) is 0 Å². The summed E-state index contributed by atoms with van der Waals surface area (Å²) in [5.41, 5.74) is 3.10. The lowest BCUT2D eigenvalue weighted by molar-refractivity contribution is -0.131. The molecule has 0 unspecified atom stereocenters. The highest BCUT2D eigenvalue weighted by Crippen LogP contribution is 2.35. The van der Waals surface area contributed by atoms with Gasteiger partial charge in [0, 0.05) is 30.7 Å². The first-order valence-corrected chi connectivity index (χ1v) is 9.40. The lowest BCUT2D eigenvalue weighted by Crippen LogP contribution is -2.40. The maximum Gasteiger partial charge on any atom is 0.237 e. The summed E-state index contributed by atoms with van der Waals surface area (Å²) in [5, 5.41) is 1.06. The third-order valence-electron chi connectivity index (χ3n) is 5.19. The molecule has 0 saturated heterocycles. The summed E-state index contributed by atoms with van der Waals surface area (Å²) in [6, 6.07) is 4.31. The Kier molecular flexibility index (Phi) is 4.70. The SMILES string of the molecule is CN(C)CC(=O)N1CC=C(c2cc(N(C=O)C3CC3)nc3[nH]ccc23)CC1. The van der Waals surface area contributed by atoms with Crippen LogP contribution in [-0.4, -0.2) is 71.9 Å². The Bertz CT molecular complexity index is 897. The van der Waals surface area contributed by atoms with E-state index in [2.05, 4.69) is 16.0 Å². The Labute approximate surface area is 158 Å². The standard InChI is InChI=1S/C20H25N5O2/c1-23(2)12-19(27)24-9-6-14(7-10-24)17-11-18(25(13-26)15-3-4-15)22-20-16(17)5-8-21-20/h5-6,8,11,13,15H,3-4,7,9-10,12H2,1-2H3,(H,21,22). The second-order valence-corrected chi connectivity index (χ2v) is 7.57. The third kappa shape index (κ3) is 3.60. The van der Waals surface area contributed by atoms with E-state index >= 15 is 0 Å². The lowest BCUT2D eigenvalue weighted by Gasteiger charge is -2.28. The minimum Gasteiger partial charge on any atom is -0.346 e. The quantitative estimate of drug-likeness (QED) is 0.791. The molecule has 1 N–H and O–H groups in total. The summed E-state index contributed by atoms with van der Waals surface area (Å²) < 4.78 is 0. The van der Waals surface area contributed by atoms with E-state index in [1.54, 1.807) is 4.90 Å². The molecule has 0 spiro atoms. The monoisotopic (exact) mass is 367 g/mol. The van der Waals surface area contributed by atoms with Crippen LogP contribution in [0.4, 0.5) is 5.82 Å². The Hall–Kier alpha value is -2.67. The van der Waals surface area contributed by atoms with Crippen molar-refractivity contribution in [1.82, 2.24) is 19.8 Å². The van der Waals surface area contributed by atoms with E-state index in [1.807, 2.05) is 42.2 Å². The summed E-state index contributed by atoms with van der Waals surface area (Å²) in [6.07, 6.45) is 7.76. The first-order chi connectivity index (χ1) is 13.1. The molecule has 142 valence electrons. The summed E-state index contributed by atoms with van der Waals surface area (Å²) in [4.78, 5) is 37.2. The van der Waals surface area contributed by atoms with Crippen molar-refractivity contribution >= 4 is 34.7 Å². The van der Waals surface area contributed by atoms with Crippen molar-refractivity contribution in [3.05, 3.63) is 30.0 Å². The second-order valence-electron chi connectivity index (χ2n) is 7.57. The van der Waals surface area contributed by atoms with Crippen LogP contribution >= 0.6 is 0 Å². The van der Waals surface area contributed by atoms with Crippen LogP contribution in [0.15, 0.2) is 24.4 Å². The van der Waals surface area contributed by atoms with E-state index in [9.17, 15) is 9.59 Å². The van der Waals surface area contributed by atoms with Gasteiger partial charge in [0.1, 0.15) is 11.5 Å². The summed E-state index contributed by atoms with van der Waals surface area (Å²) in [6.45, 7) is 1.76. The van der Waals surface area contributed by atoms with Crippen LogP contribution < -0.4 is 4.90 Å². The van der Waals surface area contributed by atoms with Gasteiger partial charge in [0.15, 0.2) is 0 Å². The Morgan fingerprint density at radius 2 is 2.22 bits per heavy atom. The fraction of sp³-hybridized carbons (Fsp3) is 0.450. The molecule has 1 aliphatic heterocycles. The largest absolute Gasteiger partial charge is 0.346 e. The number of amides is 2. The number of fused-ring (bicyclic) bond motifs is 1. The van der Waals surface area contributed by atoms with Gasteiger partial charge in [0.25, 0.3) is 0 Å². The zero-order valence-corrected chi connectivity index (χ0v) is 15.8. The third-order valence-corrected chi connectivity index (χ3v) is 5.19. The molecular formula is C20H25N5O2. The zero-order valence-electron chi connectivity index (χ0n) is 15.8. The highest BCUT2D eigenvalue weighted by atomic mass is 16.2. The van der Waals surface area contributed by atoms with Gasteiger partial charge in [0.2, 0.25) is 12.3 Å². The molecule has 2 aromatic heterocycles. The maximum atomic E-state index is 12.3. The lowest BCUT2D eigenvalue weighted by atomic mass is 9.97. The number of carbonyl (C=O) groups excluding carboxylic acids is 2. The van der Waals surface area contributed by atoms with Crippen molar-refractivity contribution < 1.29 is 9.59 Å². The van der Waals surface area contributed by atoms with Crippen LogP contribution in [-0.2, 0) is 9.59 Å². The van der Waals surface area contributed by atoms with Crippen LogP contribution in [0.1, 0.15) is 24.8 Å². The number of likely N-dealkylation sites (N-methyl/N-ethyl adjacent to an activating group) is 1. The normalized spacial score (nSPS) is 17.3. The van der Waals surface area contributed by atoms with Gasteiger partial charge in [-0.1, -0.05) is 6.08 Å². The fourth-order valence-electron chi connectivity index (χ4n) is 3.61. The second kappa shape index (κ2) is 7.15. The van der Waals surface area contributed by atoms with Crippen LogP contribution in [0.2, 0.25) is 0 Å². The van der Waals surface area contributed by atoms with Crippen LogP contribution in [0.5, 0.6) is 0 Å². The Morgan fingerprint density at radius 3 is 2.85 bits per heavy atom.